The summed E-state index contributed by atoms with van der Waals surface area (Å²) in [4.78, 5) is 0. The first kappa shape index (κ1) is 13.8. The highest BCUT2D eigenvalue weighted by Crippen LogP contribution is 2.36. The molecule has 100 valence electrons. The second kappa shape index (κ2) is 6.53. The Morgan fingerprint density at radius 2 is 2.22 bits per heavy atom. The van der Waals surface area contributed by atoms with E-state index in [1.54, 1.807) is 6.07 Å². The summed E-state index contributed by atoms with van der Waals surface area (Å²) >= 11 is 1.93. The van der Waals surface area contributed by atoms with E-state index in [9.17, 15) is 8.78 Å². The van der Waals surface area contributed by atoms with Gasteiger partial charge in [-0.2, -0.15) is 11.8 Å². The van der Waals surface area contributed by atoms with E-state index in [1.165, 1.54) is 24.3 Å². The monoisotopic (exact) mass is 271 g/mol. The van der Waals surface area contributed by atoms with Crippen LogP contribution in [0.15, 0.2) is 18.2 Å². The number of hydrogen-bond donors (Lipinski definition) is 1. The number of thioether (sulfide) groups is 1. The van der Waals surface area contributed by atoms with E-state index in [0.717, 1.165) is 24.9 Å². The van der Waals surface area contributed by atoms with Crippen LogP contribution in [0.4, 0.5) is 8.78 Å². The molecule has 0 aromatic heterocycles. The van der Waals surface area contributed by atoms with Gasteiger partial charge in [0.2, 0.25) is 0 Å². The molecule has 1 N–H and O–H groups in total. The molecule has 1 aliphatic heterocycles. The Bertz CT molecular complexity index is 391. The molecule has 2 atom stereocenters. The van der Waals surface area contributed by atoms with Crippen LogP contribution in [0.1, 0.15) is 37.8 Å². The fourth-order valence-corrected chi connectivity index (χ4v) is 3.75. The molecule has 1 fully saturated rings. The summed E-state index contributed by atoms with van der Waals surface area (Å²) in [6, 6.07) is 4.39. The summed E-state index contributed by atoms with van der Waals surface area (Å²) in [6.07, 6.45) is 3.39. The van der Waals surface area contributed by atoms with Crippen LogP contribution in [0.2, 0.25) is 0 Å². The summed E-state index contributed by atoms with van der Waals surface area (Å²) in [7, 11) is 0. The van der Waals surface area contributed by atoms with E-state index in [0.29, 0.717) is 5.25 Å². The third-order valence-corrected chi connectivity index (χ3v) is 4.71. The van der Waals surface area contributed by atoms with Gasteiger partial charge >= 0.3 is 0 Å². The van der Waals surface area contributed by atoms with Crippen molar-refractivity contribution < 1.29 is 8.78 Å². The quantitative estimate of drug-likeness (QED) is 0.871. The normalized spacial score (nSPS) is 21.2. The molecule has 1 aliphatic rings. The number of halogens is 2. The third-order valence-electron chi connectivity index (χ3n) is 3.25. The van der Waals surface area contributed by atoms with Gasteiger partial charge in [0.25, 0.3) is 0 Å². The van der Waals surface area contributed by atoms with Crippen LogP contribution in [-0.4, -0.2) is 17.5 Å². The van der Waals surface area contributed by atoms with E-state index < -0.39 is 11.6 Å². The third kappa shape index (κ3) is 3.23. The van der Waals surface area contributed by atoms with Gasteiger partial charge in [-0.05, 0) is 49.3 Å². The molecule has 1 aromatic carbocycles. The van der Waals surface area contributed by atoms with Crippen LogP contribution >= 0.6 is 11.8 Å². The SMILES string of the molecule is CCCNC(c1ccc(F)c(F)c1)C1CCCS1. The zero-order chi connectivity index (χ0) is 13.0. The largest absolute Gasteiger partial charge is 0.309 e. The fraction of sp³-hybridized carbons (Fsp3) is 0.571. The molecule has 0 saturated carbocycles. The number of rotatable bonds is 5. The van der Waals surface area contributed by atoms with Crippen molar-refractivity contribution in [3.05, 3.63) is 35.4 Å². The Labute approximate surface area is 111 Å². The molecular weight excluding hydrogens is 252 g/mol. The highest BCUT2D eigenvalue weighted by atomic mass is 32.2. The van der Waals surface area contributed by atoms with Crippen molar-refractivity contribution in [2.75, 3.05) is 12.3 Å². The van der Waals surface area contributed by atoms with Gasteiger partial charge < -0.3 is 5.32 Å². The van der Waals surface area contributed by atoms with Crippen molar-refractivity contribution in [2.45, 2.75) is 37.5 Å². The highest BCUT2D eigenvalue weighted by Gasteiger charge is 2.27. The minimum atomic E-state index is -0.771. The molecule has 1 aromatic rings. The van der Waals surface area contributed by atoms with Crippen molar-refractivity contribution in [3.8, 4) is 0 Å². The van der Waals surface area contributed by atoms with Crippen LogP contribution < -0.4 is 5.32 Å². The van der Waals surface area contributed by atoms with Gasteiger partial charge in [-0.25, -0.2) is 8.78 Å². The molecule has 0 spiro atoms. The molecule has 0 bridgehead atoms. The van der Waals surface area contributed by atoms with Gasteiger partial charge in [-0.1, -0.05) is 13.0 Å². The maximum atomic E-state index is 13.3. The lowest BCUT2D eigenvalue weighted by Gasteiger charge is -2.24. The van der Waals surface area contributed by atoms with Crippen molar-refractivity contribution in [3.63, 3.8) is 0 Å². The Morgan fingerprint density at radius 1 is 1.39 bits per heavy atom. The maximum Gasteiger partial charge on any atom is 0.159 e. The zero-order valence-electron chi connectivity index (χ0n) is 10.6. The smallest absolute Gasteiger partial charge is 0.159 e. The lowest BCUT2D eigenvalue weighted by Crippen LogP contribution is -2.29. The molecule has 1 nitrogen and oxygen atoms in total. The number of nitrogens with one attached hydrogen (secondary N) is 1. The van der Waals surface area contributed by atoms with Gasteiger partial charge in [0.15, 0.2) is 11.6 Å². The average Bonchev–Trinajstić information content (AvgIpc) is 2.88. The van der Waals surface area contributed by atoms with Gasteiger partial charge in [0, 0.05) is 11.3 Å². The van der Waals surface area contributed by atoms with Crippen molar-refractivity contribution in [1.29, 1.82) is 0 Å². The first-order valence-electron chi connectivity index (χ1n) is 6.52. The minimum absolute atomic E-state index is 0.132. The molecule has 1 saturated heterocycles. The summed E-state index contributed by atoms with van der Waals surface area (Å²) in [5.41, 5.74) is 0.863. The molecule has 2 unspecified atom stereocenters. The standard InChI is InChI=1S/C14H19F2NS/c1-2-7-17-14(13-4-3-8-18-13)10-5-6-11(15)12(16)9-10/h5-6,9,13-14,17H,2-4,7-8H2,1H3. The average molecular weight is 271 g/mol. The van der Waals surface area contributed by atoms with Crippen LogP contribution in [0.3, 0.4) is 0 Å². The highest BCUT2D eigenvalue weighted by molar-refractivity contribution is 8.00. The predicted octanol–water partition coefficient (Wildman–Crippen LogP) is 3.90. The second-order valence-electron chi connectivity index (χ2n) is 4.66. The molecule has 0 amide bonds. The van der Waals surface area contributed by atoms with E-state index in [2.05, 4.69) is 12.2 Å². The Hall–Kier alpha value is -0.610. The maximum absolute atomic E-state index is 13.3. The lowest BCUT2D eigenvalue weighted by molar-refractivity contribution is 0.483. The van der Waals surface area contributed by atoms with Crippen LogP contribution in [0.5, 0.6) is 0 Å². The minimum Gasteiger partial charge on any atom is -0.309 e. The van der Waals surface area contributed by atoms with E-state index in [-0.39, 0.29) is 6.04 Å². The topological polar surface area (TPSA) is 12.0 Å². The lowest BCUT2D eigenvalue weighted by atomic mass is 10.0. The van der Waals surface area contributed by atoms with Gasteiger partial charge in [-0.3, -0.25) is 0 Å². The molecule has 0 radical (unpaired) electrons. The van der Waals surface area contributed by atoms with Crippen molar-refractivity contribution >= 4 is 11.8 Å². The Morgan fingerprint density at radius 3 is 2.83 bits per heavy atom. The van der Waals surface area contributed by atoms with Crippen LogP contribution in [0, 0.1) is 11.6 Å². The predicted molar refractivity (Wildman–Crippen MR) is 72.9 cm³/mol. The van der Waals surface area contributed by atoms with E-state index in [1.807, 2.05) is 11.8 Å². The fourth-order valence-electron chi connectivity index (χ4n) is 2.34. The van der Waals surface area contributed by atoms with Crippen LogP contribution in [0.25, 0.3) is 0 Å². The molecule has 1 heterocycles. The summed E-state index contributed by atoms with van der Waals surface area (Å²) in [6.45, 7) is 3.01. The summed E-state index contributed by atoms with van der Waals surface area (Å²) in [5.74, 6) is -0.357. The first-order chi connectivity index (χ1) is 8.72. The number of hydrogen-bond acceptors (Lipinski definition) is 2. The van der Waals surface area contributed by atoms with Gasteiger partial charge in [0.05, 0.1) is 0 Å². The summed E-state index contributed by atoms with van der Waals surface area (Å²) < 4.78 is 26.3. The molecular formula is C14H19F2NS. The summed E-state index contributed by atoms with van der Waals surface area (Å²) in [5, 5.41) is 3.94. The van der Waals surface area contributed by atoms with Crippen molar-refractivity contribution in [2.24, 2.45) is 0 Å². The Kier molecular flexibility index (Phi) is 5.01. The molecule has 18 heavy (non-hydrogen) atoms. The van der Waals surface area contributed by atoms with E-state index in [4.69, 9.17) is 0 Å². The Balaban J connectivity index is 2.17. The number of benzene rings is 1. The second-order valence-corrected chi connectivity index (χ2v) is 6.00. The van der Waals surface area contributed by atoms with E-state index >= 15 is 0 Å². The van der Waals surface area contributed by atoms with Gasteiger partial charge in [-0.15, -0.1) is 0 Å². The van der Waals surface area contributed by atoms with Crippen LogP contribution in [-0.2, 0) is 0 Å². The zero-order valence-corrected chi connectivity index (χ0v) is 11.4. The molecule has 0 aliphatic carbocycles. The van der Waals surface area contributed by atoms with Crippen molar-refractivity contribution in [1.82, 2.24) is 5.32 Å². The molecule has 2 rings (SSSR count). The van der Waals surface area contributed by atoms with Gasteiger partial charge in [0.1, 0.15) is 0 Å². The molecule has 4 heteroatoms. The first-order valence-corrected chi connectivity index (χ1v) is 7.57.